The van der Waals surface area contributed by atoms with Gasteiger partial charge in [-0.2, -0.15) is 0 Å². The van der Waals surface area contributed by atoms with Crippen molar-refractivity contribution >= 4 is 28.3 Å². The lowest BCUT2D eigenvalue weighted by Crippen LogP contribution is -2.39. The largest absolute Gasteiger partial charge is 0.326 e. The van der Waals surface area contributed by atoms with E-state index >= 15 is 0 Å². The maximum Gasteiger partial charge on any atom is 0.254 e. The molecule has 5 nitrogen and oxygen atoms in total. The minimum Gasteiger partial charge on any atom is -0.326 e. The molecule has 0 saturated heterocycles. The molecule has 1 saturated carbocycles. The molecule has 2 amide bonds. The van der Waals surface area contributed by atoms with Crippen LogP contribution in [-0.2, 0) is 4.79 Å². The van der Waals surface area contributed by atoms with E-state index in [1.165, 1.54) is 11.3 Å². The number of benzene rings is 1. The second-order valence-electron chi connectivity index (χ2n) is 5.37. The highest BCUT2D eigenvalue weighted by molar-refractivity contribution is 7.13. The maximum absolute atomic E-state index is 12.6. The number of carbonyl (C=O) groups is 2. The minimum atomic E-state index is -0.203. The van der Waals surface area contributed by atoms with E-state index < -0.39 is 0 Å². The first kappa shape index (κ1) is 14.7. The zero-order chi connectivity index (χ0) is 15.5. The number of aryl methyl sites for hydroxylation is 1. The molecule has 1 N–H and O–H groups in total. The fraction of sp³-hybridized carbons (Fsp3) is 0.312. The standard InChI is InChI=1S/C16H17N3O2S/c1-11-10-22-16(17-11)18-14(20)9-19(13-7-8-13)15(21)12-5-3-2-4-6-12/h2-6,10,13H,7-9H2,1H3,(H,17,18,20). The molecule has 0 spiro atoms. The molecule has 6 heteroatoms. The highest BCUT2D eigenvalue weighted by atomic mass is 32.1. The summed E-state index contributed by atoms with van der Waals surface area (Å²) in [4.78, 5) is 30.6. The molecule has 0 atom stereocenters. The Balaban J connectivity index is 1.67. The molecular weight excluding hydrogens is 298 g/mol. The van der Waals surface area contributed by atoms with Crippen LogP contribution in [0, 0.1) is 6.92 Å². The topological polar surface area (TPSA) is 62.3 Å². The van der Waals surface area contributed by atoms with Gasteiger partial charge in [0, 0.05) is 17.0 Å². The zero-order valence-electron chi connectivity index (χ0n) is 12.3. The molecule has 1 fully saturated rings. The fourth-order valence-corrected chi connectivity index (χ4v) is 2.93. The van der Waals surface area contributed by atoms with Gasteiger partial charge in [0.25, 0.3) is 5.91 Å². The predicted molar refractivity (Wildman–Crippen MR) is 86.0 cm³/mol. The highest BCUT2D eigenvalue weighted by Crippen LogP contribution is 2.28. The van der Waals surface area contributed by atoms with Gasteiger partial charge in [0.15, 0.2) is 5.13 Å². The number of thiazole rings is 1. The lowest BCUT2D eigenvalue weighted by molar-refractivity contribution is -0.117. The number of anilines is 1. The third-order valence-electron chi connectivity index (χ3n) is 3.45. The number of hydrogen-bond acceptors (Lipinski definition) is 4. The van der Waals surface area contributed by atoms with Gasteiger partial charge in [-0.15, -0.1) is 11.3 Å². The number of rotatable bonds is 5. The van der Waals surface area contributed by atoms with Crippen LogP contribution in [0.2, 0.25) is 0 Å². The van der Waals surface area contributed by atoms with Gasteiger partial charge in [0.1, 0.15) is 6.54 Å². The van der Waals surface area contributed by atoms with Crippen molar-refractivity contribution in [2.45, 2.75) is 25.8 Å². The second kappa shape index (κ2) is 6.27. The average Bonchev–Trinajstić information content (AvgIpc) is 3.28. The smallest absolute Gasteiger partial charge is 0.254 e. The first-order chi connectivity index (χ1) is 10.6. The summed E-state index contributed by atoms with van der Waals surface area (Å²) in [6.07, 6.45) is 1.92. The molecule has 1 aliphatic rings. The van der Waals surface area contributed by atoms with Gasteiger partial charge in [-0.05, 0) is 31.9 Å². The Bertz CT molecular complexity index is 680. The van der Waals surface area contributed by atoms with E-state index in [0.29, 0.717) is 10.7 Å². The second-order valence-corrected chi connectivity index (χ2v) is 6.23. The fourth-order valence-electron chi connectivity index (χ4n) is 2.22. The normalized spacial score (nSPS) is 13.7. The minimum absolute atomic E-state index is 0.0665. The highest BCUT2D eigenvalue weighted by Gasteiger charge is 2.34. The summed E-state index contributed by atoms with van der Waals surface area (Å²) in [5.41, 5.74) is 1.49. The number of nitrogens with one attached hydrogen (secondary N) is 1. The van der Waals surface area contributed by atoms with Crippen LogP contribution in [0.5, 0.6) is 0 Å². The van der Waals surface area contributed by atoms with E-state index in [0.717, 1.165) is 18.5 Å². The Morgan fingerprint density at radius 2 is 2.05 bits per heavy atom. The van der Waals surface area contributed by atoms with E-state index in [2.05, 4.69) is 10.3 Å². The monoisotopic (exact) mass is 315 g/mol. The van der Waals surface area contributed by atoms with Crippen LogP contribution < -0.4 is 5.32 Å². The number of amides is 2. The van der Waals surface area contributed by atoms with Crippen molar-refractivity contribution in [3.63, 3.8) is 0 Å². The van der Waals surface area contributed by atoms with Crippen LogP contribution in [0.15, 0.2) is 35.7 Å². The van der Waals surface area contributed by atoms with Crippen molar-refractivity contribution in [2.24, 2.45) is 0 Å². The zero-order valence-corrected chi connectivity index (χ0v) is 13.1. The van der Waals surface area contributed by atoms with Crippen molar-refractivity contribution < 1.29 is 9.59 Å². The molecule has 1 heterocycles. The van der Waals surface area contributed by atoms with Crippen LogP contribution in [0.3, 0.4) is 0 Å². The van der Waals surface area contributed by atoms with Crippen molar-refractivity contribution in [1.29, 1.82) is 0 Å². The van der Waals surface area contributed by atoms with Crippen LogP contribution in [0.25, 0.3) is 0 Å². The van der Waals surface area contributed by atoms with E-state index in [1.807, 2.05) is 30.5 Å². The van der Waals surface area contributed by atoms with Crippen molar-refractivity contribution in [2.75, 3.05) is 11.9 Å². The van der Waals surface area contributed by atoms with Crippen molar-refractivity contribution in [3.05, 3.63) is 47.0 Å². The quantitative estimate of drug-likeness (QED) is 0.923. The predicted octanol–water partition coefficient (Wildman–Crippen LogP) is 2.69. The van der Waals surface area contributed by atoms with Gasteiger partial charge in [0.2, 0.25) is 5.91 Å². The summed E-state index contributed by atoms with van der Waals surface area (Å²) in [7, 11) is 0. The Labute approximate surface area is 133 Å². The van der Waals surface area contributed by atoms with E-state index in [4.69, 9.17) is 0 Å². The molecule has 1 aromatic carbocycles. The third-order valence-corrected chi connectivity index (χ3v) is 4.32. The SMILES string of the molecule is Cc1csc(NC(=O)CN(C(=O)c2ccccc2)C2CC2)n1. The molecule has 22 heavy (non-hydrogen) atoms. The first-order valence-electron chi connectivity index (χ1n) is 7.21. The van der Waals surface area contributed by atoms with Crippen molar-refractivity contribution in [3.8, 4) is 0 Å². The summed E-state index contributed by atoms with van der Waals surface area (Å²) in [5, 5.41) is 5.21. The Hall–Kier alpha value is -2.21. The van der Waals surface area contributed by atoms with Crippen LogP contribution in [0.1, 0.15) is 28.9 Å². The molecule has 1 aliphatic carbocycles. The summed E-state index contributed by atoms with van der Waals surface area (Å²) < 4.78 is 0. The van der Waals surface area contributed by atoms with Gasteiger partial charge in [-0.1, -0.05) is 18.2 Å². The lowest BCUT2D eigenvalue weighted by Gasteiger charge is -2.21. The molecule has 0 unspecified atom stereocenters. The van der Waals surface area contributed by atoms with Crippen LogP contribution >= 0.6 is 11.3 Å². The van der Waals surface area contributed by atoms with E-state index in [1.54, 1.807) is 17.0 Å². The van der Waals surface area contributed by atoms with Crippen molar-refractivity contribution in [1.82, 2.24) is 9.88 Å². The molecule has 3 rings (SSSR count). The molecule has 0 aliphatic heterocycles. The van der Waals surface area contributed by atoms with E-state index in [-0.39, 0.29) is 24.4 Å². The van der Waals surface area contributed by atoms with Gasteiger partial charge in [-0.25, -0.2) is 4.98 Å². The Kier molecular flexibility index (Phi) is 4.20. The third kappa shape index (κ3) is 3.51. The number of nitrogens with zero attached hydrogens (tertiary/aromatic N) is 2. The summed E-state index contributed by atoms with van der Waals surface area (Å²) >= 11 is 1.39. The molecule has 0 radical (unpaired) electrons. The Morgan fingerprint density at radius 3 is 2.64 bits per heavy atom. The van der Waals surface area contributed by atoms with Crippen LogP contribution in [-0.4, -0.2) is 34.3 Å². The summed E-state index contributed by atoms with van der Waals surface area (Å²) in [5.74, 6) is -0.292. The first-order valence-corrected chi connectivity index (χ1v) is 8.09. The van der Waals surface area contributed by atoms with E-state index in [9.17, 15) is 9.59 Å². The average molecular weight is 315 g/mol. The molecule has 114 valence electrons. The summed E-state index contributed by atoms with van der Waals surface area (Å²) in [6, 6.07) is 9.26. The number of carbonyl (C=O) groups excluding carboxylic acids is 2. The van der Waals surface area contributed by atoms with Gasteiger partial charge in [-0.3, -0.25) is 9.59 Å². The van der Waals surface area contributed by atoms with Gasteiger partial charge < -0.3 is 10.2 Å². The van der Waals surface area contributed by atoms with Gasteiger partial charge >= 0.3 is 0 Å². The van der Waals surface area contributed by atoms with Crippen LogP contribution in [0.4, 0.5) is 5.13 Å². The molecular formula is C16H17N3O2S. The number of aromatic nitrogens is 1. The molecule has 2 aromatic rings. The molecule has 1 aromatic heterocycles. The lowest BCUT2D eigenvalue weighted by atomic mass is 10.2. The Morgan fingerprint density at radius 1 is 1.32 bits per heavy atom. The maximum atomic E-state index is 12.6. The molecule has 0 bridgehead atoms. The van der Waals surface area contributed by atoms with Gasteiger partial charge in [0.05, 0.1) is 5.69 Å². The summed E-state index contributed by atoms with van der Waals surface area (Å²) in [6.45, 7) is 1.94. The number of hydrogen-bond donors (Lipinski definition) is 1.